The lowest BCUT2D eigenvalue weighted by Crippen LogP contribution is -2.34. The van der Waals surface area contributed by atoms with Crippen LogP contribution in [0.4, 0.5) is 16.5 Å². The van der Waals surface area contributed by atoms with Crippen molar-refractivity contribution in [3.63, 3.8) is 0 Å². The van der Waals surface area contributed by atoms with Crippen LogP contribution in [0.5, 0.6) is 5.75 Å². The number of carbonyl (C=O) groups excluding carboxylic acids is 2. The lowest BCUT2D eigenvalue weighted by molar-refractivity contribution is -0.136. The van der Waals surface area contributed by atoms with Crippen LogP contribution < -0.4 is 20.7 Å². The van der Waals surface area contributed by atoms with Gasteiger partial charge in [-0.25, -0.2) is 0 Å². The first-order valence-corrected chi connectivity index (χ1v) is 10.8. The van der Waals surface area contributed by atoms with Gasteiger partial charge >= 0.3 is 11.8 Å². The molecule has 166 valence electrons. The maximum atomic E-state index is 12.1. The molecule has 4 aromatic rings. The number of carbonyl (C=O) groups is 2. The van der Waals surface area contributed by atoms with Gasteiger partial charge in [0.1, 0.15) is 10.8 Å². The first-order chi connectivity index (χ1) is 16.1. The van der Waals surface area contributed by atoms with Gasteiger partial charge in [-0.3, -0.25) is 14.6 Å². The van der Waals surface area contributed by atoms with Gasteiger partial charge in [-0.05, 0) is 60.2 Å². The first kappa shape index (κ1) is 21.9. The normalized spacial score (nSPS) is 10.3. The SMILES string of the molecule is COc1ccc(Nc2nnc(-c3ccc(NC(=O)C(=O)NCc4cccnc4)cc3)s2)cc1. The number of anilines is 3. The standard InChI is InChI=1S/C23H20N6O3S/c1-32-19-10-8-18(9-11-19)27-23-29-28-22(33-23)16-4-6-17(7-5-16)26-21(31)20(30)25-14-15-3-2-12-24-13-15/h2-13H,14H2,1H3,(H,25,30)(H,26,31)(H,27,29). The minimum absolute atomic E-state index is 0.225. The molecule has 0 atom stereocenters. The predicted octanol–water partition coefficient (Wildman–Crippen LogP) is 3.61. The Kier molecular flexibility index (Phi) is 6.86. The van der Waals surface area contributed by atoms with E-state index in [9.17, 15) is 9.59 Å². The molecule has 2 aromatic heterocycles. The number of benzene rings is 2. The minimum Gasteiger partial charge on any atom is -0.497 e. The number of nitrogens with zero attached hydrogens (tertiary/aromatic N) is 3. The summed E-state index contributed by atoms with van der Waals surface area (Å²) in [6, 6.07) is 18.1. The molecule has 0 spiro atoms. The molecule has 0 aliphatic rings. The number of amides is 2. The van der Waals surface area contributed by atoms with Gasteiger partial charge in [-0.15, -0.1) is 10.2 Å². The van der Waals surface area contributed by atoms with Crippen molar-refractivity contribution in [2.24, 2.45) is 0 Å². The van der Waals surface area contributed by atoms with Crippen molar-refractivity contribution in [2.75, 3.05) is 17.7 Å². The fraction of sp³-hybridized carbons (Fsp3) is 0.0870. The first-order valence-electron chi connectivity index (χ1n) is 9.94. The third-order valence-corrected chi connectivity index (χ3v) is 5.43. The van der Waals surface area contributed by atoms with Crippen LogP contribution in [0.1, 0.15) is 5.56 Å². The summed E-state index contributed by atoms with van der Waals surface area (Å²) in [4.78, 5) is 28.1. The maximum Gasteiger partial charge on any atom is 0.313 e. The second kappa shape index (κ2) is 10.3. The van der Waals surface area contributed by atoms with Crippen molar-refractivity contribution in [3.8, 4) is 16.3 Å². The number of pyridine rings is 1. The summed E-state index contributed by atoms with van der Waals surface area (Å²) in [6.07, 6.45) is 3.27. The van der Waals surface area contributed by atoms with Crippen LogP contribution in [-0.2, 0) is 16.1 Å². The zero-order valence-electron chi connectivity index (χ0n) is 17.6. The molecule has 9 nitrogen and oxygen atoms in total. The number of hydrogen-bond donors (Lipinski definition) is 3. The van der Waals surface area contributed by atoms with Gasteiger partial charge in [0, 0.05) is 35.9 Å². The molecule has 0 saturated heterocycles. The third kappa shape index (κ3) is 5.89. The Morgan fingerprint density at radius 3 is 2.39 bits per heavy atom. The van der Waals surface area contributed by atoms with Gasteiger partial charge in [-0.1, -0.05) is 17.4 Å². The van der Waals surface area contributed by atoms with E-state index in [0.717, 1.165) is 27.6 Å². The van der Waals surface area contributed by atoms with Crippen molar-refractivity contribution < 1.29 is 14.3 Å². The lowest BCUT2D eigenvalue weighted by atomic mass is 10.2. The summed E-state index contributed by atoms with van der Waals surface area (Å²) >= 11 is 1.40. The van der Waals surface area contributed by atoms with E-state index in [0.29, 0.717) is 10.8 Å². The quantitative estimate of drug-likeness (QED) is 0.361. The Hall–Kier alpha value is -4.31. The molecule has 2 aromatic carbocycles. The van der Waals surface area contributed by atoms with Crippen molar-refractivity contribution in [2.45, 2.75) is 6.54 Å². The van der Waals surface area contributed by atoms with Crippen LogP contribution >= 0.6 is 11.3 Å². The minimum atomic E-state index is -0.742. The van der Waals surface area contributed by atoms with E-state index in [1.165, 1.54) is 11.3 Å². The molecule has 0 fully saturated rings. The number of methoxy groups -OCH3 is 1. The molecule has 2 amide bonds. The van der Waals surface area contributed by atoms with Crippen LogP contribution in [0, 0.1) is 0 Å². The predicted molar refractivity (Wildman–Crippen MR) is 126 cm³/mol. The molecule has 10 heteroatoms. The molecule has 33 heavy (non-hydrogen) atoms. The monoisotopic (exact) mass is 460 g/mol. The second-order valence-corrected chi connectivity index (χ2v) is 7.82. The molecular weight excluding hydrogens is 440 g/mol. The van der Waals surface area contributed by atoms with E-state index in [1.807, 2.05) is 30.3 Å². The van der Waals surface area contributed by atoms with E-state index >= 15 is 0 Å². The summed E-state index contributed by atoms with van der Waals surface area (Å²) in [5.41, 5.74) is 3.02. The Labute approximate surface area is 193 Å². The maximum absolute atomic E-state index is 12.1. The fourth-order valence-electron chi connectivity index (χ4n) is 2.84. The molecule has 0 aliphatic heterocycles. The van der Waals surface area contributed by atoms with E-state index in [4.69, 9.17) is 4.74 Å². The number of ether oxygens (including phenoxy) is 1. The highest BCUT2D eigenvalue weighted by Crippen LogP contribution is 2.29. The van der Waals surface area contributed by atoms with Crippen molar-refractivity contribution in [1.82, 2.24) is 20.5 Å². The van der Waals surface area contributed by atoms with Gasteiger partial charge in [0.2, 0.25) is 5.13 Å². The summed E-state index contributed by atoms with van der Waals surface area (Å²) in [5.74, 6) is -0.688. The largest absolute Gasteiger partial charge is 0.497 e. The Morgan fingerprint density at radius 2 is 1.70 bits per heavy atom. The summed E-state index contributed by atoms with van der Waals surface area (Å²) < 4.78 is 5.15. The molecule has 0 radical (unpaired) electrons. The number of aromatic nitrogens is 3. The van der Waals surface area contributed by atoms with Gasteiger partial charge in [0.25, 0.3) is 0 Å². The highest BCUT2D eigenvalue weighted by Gasteiger charge is 2.14. The zero-order valence-corrected chi connectivity index (χ0v) is 18.4. The number of rotatable bonds is 7. The second-order valence-electron chi connectivity index (χ2n) is 6.84. The van der Waals surface area contributed by atoms with Crippen LogP contribution in [0.15, 0.2) is 73.1 Å². The molecular formula is C23H20N6O3S. The molecule has 4 rings (SSSR count). The Bertz CT molecular complexity index is 1230. The highest BCUT2D eigenvalue weighted by molar-refractivity contribution is 7.18. The number of hydrogen-bond acceptors (Lipinski definition) is 8. The van der Waals surface area contributed by atoms with Crippen molar-refractivity contribution >= 4 is 39.7 Å². The molecule has 0 aliphatic carbocycles. The lowest BCUT2D eigenvalue weighted by Gasteiger charge is -2.07. The fourth-order valence-corrected chi connectivity index (χ4v) is 3.61. The van der Waals surface area contributed by atoms with Gasteiger partial charge in [0.05, 0.1) is 7.11 Å². The van der Waals surface area contributed by atoms with E-state index in [1.54, 1.807) is 49.8 Å². The smallest absolute Gasteiger partial charge is 0.313 e. The molecule has 2 heterocycles. The van der Waals surface area contributed by atoms with Crippen LogP contribution in [-0.4, -0.2) is 34.1 Å². The number of nitrogens with one attached hydrogen (secondary N) is 3. The summed E-state index contributed by atoms with van der Waals surface area (Å²) in [6.45, 7) is 0.225. The van der Waals surface area contributed by atoms with E-state index in [-0.39, 0.29) is 6.54 Å². The molecule has 3 N–H and O–H groups in total. The molecule has 0 saturated carbocycles. The molecule has 0 unspecified atom stereocenters. The van der Waals surface area contributed by atoms with Crippen molar-refractivity contribution in [3.05, 3.63) is 78.6 Å². The average molecular weight is 461 g/mol. The topological polar surface area (TPSA) is 118 Å². The van der Waals surface area contributed by atoms with E-state index in [2.05, 4.69) is 31.1 Å². The van der Waals surface area contributed by atoms with Gasteiger partial charge < -0.3 is 20.7 Å². The third-order valence-electron chi connectivity index (χ3n) is 4.54. The summed E-state index contributed by atoms with van der Waals surface area (Å²) in [5, 5.41) is 18.1. The van der Waals surface area contributed by atoms with Gasteiger partial charge in [-0.2, -0.15) is 0 Å². The van der Waals surface area contributed by atoms with Gasteiger partial charge in [0.15, 0.2) is 0 Å². The molecule has 0 bridgehead atoms. The highest BCUT2D eigenvalue weighted by atomic mass is 32.1. The van der Waals surface area contributed by atoms with Crippen LogP contribution in [0.3, 0.4) is 0 Å². The Morgan fingerprint density at radius 1 is 0.939 bits per heavy atom. The summed E-state index contributed by atoms with van der Waals surface area (Å²) in [7, 11) is 1.62. The Balaban J connectivity index is 1.32. The van der Waals surface area contributed by atoms with Crippen molar-refractivity contribution in [1.29, 1.82) is 0 Å². The van der Waals surface area contributed by atoms with Crippen LogP contribution in [0.25, 0.3) is 10.6 Å². The van der Waals surface area contributed by atoms with Crippen LogP contribution in [0.2, 0.25) is 0 Å². The zero-order chi connectivity index (χ0) is 23.0. The average Bonchev–Trinajstić information content (AvgIpc) is 3.32. The van der Waals surface area contributed by atoms with E-state index < -0.39 is 11.8 Å².